The average Bonchev–Trinajstić information content (AvgIpc) is 2.64. The van der Waals surface area contributed by atoms with Gasteiger partial charge in [-0.15, -0.1) is 0 Å². The van der Waals surface area contributed by atoms with Crippen LogP contribution >= 0.6 is 0 Å². The van der Waals surface area contributed by atoms with E-state index in [1.54, 1.807) is 0 Å². The summed E-state index contributed by atoms with van der Waals surface area (Å²) in [5.41, 5.74) is 0.361. The van der Waals surface area contributed by atoms with Gasteiger partial charge in [0.25, 0.3) is 17.7 Å². The first-order valence-corrected chi connectivity index (χ1v) is 5.61. The number of rotatable bonds is 1. The molecule has 0 aromatic carbocycles. The number of barbiturate groups is 1. The zero-order chi connectivity index (χ0) is 14.4. The number of nitrogens with one attached hydrogen (secondary N) is 2. The van der Waals surface area contributed by atoms with Crippen molar-refractivity contribution in [3.8, 4) is 0 Å². The van der Waals surface area contributed by atoms with Crippen molar-refractivity contribution in [1.82, 2.24) is 20.5 Å². The third-order valence-electron chi connectivity index (χ3n) is 3.11. The molecule has 20 heavy (non-hydrogen) atoms. The highest BCUT2D eigenvalue weighted by Gasteiger charge is 2.48. The monoisotopic (exact) mass is 276 g/mol. The molecule has 2 aliphatic heterocycles. The lowest BCUT2D eigenvalue weighted by Gasteiger charge is -2.30. The number of aliphatic hydroxyl groups is 1. The number of aliphatic hydroxyl groups excluding tert-OH is 1. The molecule has 0 saturated carbocycles. The van der Waals surface area contributed by atoms with E-state index < -0.39 is 36.0 Å². The molecule has 1 fully saturated rings. The molecule has 0 spiro atoms. The van der Waals surface area contributed by atoms with Gasteiger partial charge in [0.1, 0.15) is 0 Å². The van der Waals surface area contributed by atoms with Crippen LogP contribution in [0.25, 0.3) is 0 Å². The van der Waals surface area contributed by atoms with Gasteiger partial charge in [-0.3, -0.25) is 34.9 Å². The Morgan fingerprint density at radius 2 is 1.80 bits per heavy atom. The number of nitrogens with zero attached hydrogens (tertiary/aromatic N) is 2. The minimum atomic E-state index is -1.61. The lowest BCUT2D eigenvalue weighted by molar-refractivity contribution is -0.141. The van der Waals surface area contributed by atoms with Crippen LogP contribution in [0.5, 0.6) is 0 Å². The molecule has 3 heterocycles. The number of hydrogen-bond acceptors (Lipinski definition) is 6. The zero-order valence-electron chi connectivity index (χ0n) is 9.86. The van der Waals surface area contributed by atoms with E-state index in [1.807, 2.05) is 10.6 Å². The summed E-state index contributed by atoms with van der Waals surface area (Å²) in [7, 11) is 0. The Hall–Kier alpha value is -2.81. The summed E-state index contributed by atoms with van der Waals surface area (Å²) in [6.07, 6.45) is 1.17. The van der Waals surface area contributed by atoms with Crippen molar-refractivity contribution in [2.24, 2.45) is 0 Å². The van der Waals surface area contributed by atoms with E-state index in [1.165, 1.54) is 18.5 Å². The molecule has 1 aromatic rings. The number of fused-ring (bicyclic) bond motifs is 1. The standard InChI is InChI=1S/C11H8N4O5/c16-7-6(8(17)14-11(20)13-7)15-9(18)4-1-2-12-3-5(4)10(15)19/h1-3,6,9,18H,(H2,13,14,16,17,20). The van der Waals surface area contributed by atoms with Gasteiger partial charge in [-0.1, -0.05) is 0 Å². The van der Waals surface area contributed by atoms with E-state index in [2.05, 4.69) is 4.98 Å². The highest BCUT2D eigenvalue weighted by atomic mass is 16.3. The van der Waals surface area contributed by atoms with Gasteiger partial charge in [-0.05, 0) is 6.07 Å². The van der Waals surface area contributed by atoms with Crippen molar-refractivity contribution in [1.29, 1.82) is 0 Å². The molecular formula is C11H8N4O5. The number of aromatic nitrogens is 1. The van der Waals surface area contributed by atoms with Gasteiger partial charge in [0.15, 0.2) is 12.3 Å². The predicted octanol–water partition coefficient (Wildman–Crippen LogP) is -1.74. The molecule has 2 aliphatic rings. The topological polar surface area (TPSA) is 129 Å². The molecule has 0 bridgehead atoms. The highest BCUT2D eigenvalue weighted by Crippen LogP contribution is 2.32. The van der Waals surface area contributed by atoms with E-state index in [-0.39, 0.29) is 11.1 Å². The second-order valence-corrected chi connectivity index (χ2v) is 4.26. The maximum Gasteiger partial charge on any atom is 0.328 e. The Morgan fingerprint density at radius 1 is 1.15 bits per heavy atom. The molecule has 5 amide bonds. The highest BCUT2D eigenvalue weighted by molar-refractivity contribution is 6.21. The third-order valence-corrected chi connectivity index (χ3v) is 3.11. The normalized spacial score (nSPS) is 22.6. The van der Waals surface area contributed by atoms with Gasteiger partial charge in [-0.2, -0.15) is 0 Å². The van der Waals surface area contributed by atoms with E-state index in [9.17, 15) is 24.3 Å². The zero-order valence-corrected chi connectivity index (χ0v) is 9.86. The second-order valence-electron chi connectivity index (χ2n) is 4.26. The van der Waals surface area contributed by atoms with Crippen LogP contribution < -0.4 is 10.6 Å². The Bertz CT molecular complexity index is 638. The minimum absolute atomic E-state index is 0.109. The fourth-order valence-corrected chi connectivity index (χ4v) is 2.23. The van der Waals surface area contributed by atoms with Crippen LogP contribution in [0.1, 0.15) is 22.1 Å². The lowest BCUT2D eigenvalue weighted by atomic mass is 10.1. The van der Waals surface area contributed by atoms with Gasteiger partial charge in [0, 0.05) is 18.0 Å². The fourth-order valence-electron chi connectivity index (χ4n) is 2.23. The van der Waals surface area contributed by atoms with Crippen LogP contribution in [-0.4, -0.2) is 44.8 Å². The van der Waals surface area contributed by atoms with Gasteiger partial charge < -0.3 is 5.11 Å². The Kier molecular flexibility index (Phi) is 2.51. The van der Waals surface area contributed by atoms with E-state index in [0.29, 0.717) is 4.90 Å². The Morgan fingerprint density at radius 3 is 2.40 bits per heavy atom. The molecule has 1 unspecified atom stereocenters. The summed E-state index contributed by atoms with van der Waals surface area (Å²) >= 11 is 0. The second kappa shape index (κ2) is 4.10. The summed E-state index contributed by atoms with van der Waals surface area (Å²) in [5, 5.41) is 13.8. The SMILES string of the molecule is O=C1NC(=O)C(N2C(=O)c3cnccc3C2O)C(=O)N1. The van der Waals surface area contributed by atoms with Crippen molar-refractivity contribution in [3.63, 3.8) is 0 Å². The number of imide groups is 2. The first-order chi connectivity index (χ1) is 9.50. The smallest absolute Gasteiger partial charge is 0.328 e. The van der Waals surface area contributed by atoms with Crippen LogP contribution in [0, 0.1) is 0 Å². The number of amides is 5. The fraction of sp³-hybridized carbons (Fsp3) is 0.182. The molecule has 9 nitrogen and oxygen atoms in total. The molecule has 1 atom stereocenters. The molecule has 1 aromatic heterocycles. The molecule has 102 valence electrons. The van der Waals surface area contributed by atoms with Crippen molar-refractivity contribution in [3.05, 3.63) is 29.6 Å². The van der Waals surface area contributed by atoms with Crippen LogP contribution in [0.2, 0.25) is 0 Å². The lowest BCUT2D eigenvalue weighted by Crippen LogP contribution is -2.64. The number of hydrogen-bond donors (Lipinski definition) is 3. The van der Waals surface area contributed by atoms with Crippen LogP contribution in [0.15, 0.2) is 18.5 Å². The molecule has 3 N–H and O–H groups in total. The third kappa shape index (κ3) is 1.57. The molecular weight excluding hydrogens is 268 g/mol. The van der Waals surface area contributed by atoms with Gasteiger partial charge in [0.2, 0.25) is 0 Å². The summed E-state index contributed by atoms with van der Waals surface area (Å²) in [4.78, 5) is 51.1. The summed E-state index contributed by atoms with van der Waals surface area (Å²) in [5.74, 6) is -2.64. The first kappa shape index (κ1) is 12.2. The van der Waals surface area contributed by atoms with Crippen LogP contribution in [0.3, 0.4) is 0 Å². The summed E-state index contributed by atoms with van der Waals surface area (Å²) in [6.45, 7) is 0. The number of urea groups is 1. The largest absolute Gasteiger partial charge is 0.369 e. The molecule has 0 aliphatic carbocycles. The van der Waals surface area contributed by atoms with Crippen LogP contribution in [0.4, 0.5) is 4.79 Å². The van der Waals surface area contributed by atoms with Gasteiger partial charge in [0.05, 0.1) is 5.56 Å². The van der Waals surface area contributed by atoms with Gasteiger partial charge in [-0.25, -0.2) is 4.79 Å². The maximum absolute atomic E-state index is 12.2. The molecule has 3 rings (SSSR count). The van der Waals surface area contributed by atoms with Crippen molar-refractivity contribution in [2.45, 2.75) is 12.3 Å². The van der Waals surface area contributed by atoms with E-state index in [0.717, 1.165) is 0 Å². The number of carbonyl (C=O) groups excluding carboxylic acids is 4. The van der Waals surface area contributed by atoms with Crippen molar-refractivity contribution >= 4 is 23.8 Å². The molecule has 1 saturated heterocycles. The minimum Gasteiger partial charge on any atom is -0.369 e. The quantitative estimate of drug-likeness (QED) is 0.522. The van der Waals surface area contributed by atoms with E-state index in [4.69, 9.17) is 0 Å². The number of pyridine rings is 1. The number of carbonyl (C=O) groups is 4. The van der Waals surface area contributed by atoms with Gasteiger partial charge >= 0.3 is 6.03 Å². The summed E-state index contributed by atoms with van der Waals surface area (Å²) in [6, 6.07) is -1.15. The maximum atomic E-state index is 12.2. The Labute approximate surface area is 111 Å². The van der Waals surface area contributed by atoms with Crippen LogP contribution in [-0.2, 0) is 9.59 Å². The average molecular weight is 276 g/mol. The summed E-state index contributed by atoms with van der Waals surface area (Å²) < 4.78 is 0. The predicted molar refractivity (Wildman–Crippen MR) is 60.8 cm³/mol. The first-order valence-electron chi connectivity index (χ1n) is 5.61. The Balaban J connectivity index is 2.00. The van der Waals surface area contributed by atoms with Crippen molar-refractivity contribution < 1.29 is 24.3 Å². The van der Waals surface area contributed by atoms with Crippen molar-refractivity contribution in [2.75, 3.05) is 0 Å². The molecule has 0 radical (unpaired) electrons. The van der Waals surface area contributed by atoms with E-state index >= 15 is 0 Å². The molecule has 9 heteroatoms.